The molecule has 19 heavy (non-hydrogen) atoms. The van der Waals surface area contributed by atoms with Crippen molar-refractivity contribution >= 4 is 22.4 Å². The molecule has 0 saturated carbocycles. The fourth-order valence-electron chi connectivity index (χ4n) is 2.09. The second-order valence-corrected chi connectivity index (χ2v) is 5.09. The van der Waals surface area contributed by atoms with Crippen LogP contribution in [0.3, 0.4) is 0 Å². The highest BCUT2D eigenvalue weighted by atomic mass is 16.2. The molecule has 1 unspecified atom stereocenters. The molecule has 2 aromatic rings. The minimum Gasteiger partial charge on any atom is -0.325 e. The Balaban J connectivity index is 2.10. The van der Waals surface area contributed by atoms with Gasteiger partial charge in [-0.3, -0.25) is 4.79 Å². The van der Waals surface area contributed by atoms with Crippen molar-refractivity contribution in [3.63, 3.8) is 0 Å². The molecule has 1 amide bonds. The molecular formula is C16H20N2O. The minimum atomic E-state index is -0.202. The molecule has 1 atom stereocenters. The van der Waals surface area contributed by atoms with Gasteiger partial charge in [-0.1, -0.05) is 44.2 Å². The Bertz CT molecular complexity index is 578. The van der Waals surface area contributed by atoms with E-state index in [1.54, 1.807) is 0 Å². The number of carbonyl (C=O) groups is 1. The van der Waals surface area contributed by atoms with Crippen LogP contribution in [0.25, 0.3) is 10.8 Å². The van der Waals surface area contributed by atoms with Crippen LogP contribution in [-0.4, -0.2) is 18.0 Å². The summed E-state index contributed by atoms with van der Waals surface area (Å²) in [4.78, 5) is 12.0. The van der Waals surface area contributed by atoms with Crippen LogP contribution in [0.2, 0.25) is 0 Å². The fourth-order valence-corrected chi connectivity index (χ4v) is 2.09. The van der Waals surface area contributed by atoms with Crippen molar-refractivity contribution in [3.05, 3.63) is 42.5 Å². The summed E-state index contributed by atoms with van der Waals surface area (Å²) in [5.74, 6) is -0.0102. The van der Waals surface area contributed by atoms with Gasteiger partial charge in [-0.05, 0) is 29.8 Å². The lowest BCUT2D eigenvalue weighted by molar-refractivity contribution is -0.117. The molecule has 0 heterocycles. The fraction of sp³-hybridized carbons (Fsp3) is 0.312. The van der Waals surface area contributed by atoms with Gasteiger partial charge in [-0.2, -0.15) is 0 Å². The summed E-state index contributed by atoms with van der Waals surface area (Å²) in [6.45, 7) is 5.93. The maximum absolute atomic E-state index is 12.0. The first-order valence-electron chi connectivity index (χ1n) is 6.62. The second kappa shape index (κ2) is 5.85. The van der Waals surface area contributed by atoms with Gasteiger partial charge in [-0.25, -0.2) is 0 Å². The van der Waals surface area contributed by atoms with Gasteiger partial charge in [0.2, 0.25) is 5.91 Å². The average Bonchev–Trinajstić information content (AvgIpc) is 2.37. The number of hydrogen-bond acceptors (Lipinski definition) is 2. The zero-order chi connectivity index (χ0) is 13.8. The van der Waals surface area contributed by atoms with Gasteiger partial charge < -0.3 is 10.6 Å². The molecular weight excluding hydrogens is 236 g/mol. The standard InChI is InChI=1S/C16H20N2O/c1-11(2)17-12(3)16(19)18-15-9-8-13-6-4-5-7-14(13)10-15/h4-12,17H,1-3H3,(H,18,19). The maximum atomic E-state index is 12.0. The quantitative estimate of drug-likeness (QED) is 0.882. The van der Waals surface area contributed by atoms with E-state index in [-0.39, 0.29) is 18.0 Å². The Morgan fingerprint density at radius 1 is 1.00 bits per heavy atom. The molecule has 0 aromatic heterocycles. The van der Waals surface area contributed by atoms with Crippen molar-refractivity contribution in [2.45, 2.75) is 32.9 Å². The summed E-state index contributed by atoms with van der Waals surface area (Å²) in [5, 5.41) is 8.43. The Labute approximate surface area is 114 Å². The van der Waals surface area contributed by atoms with Crippen molar-refractivity contribution in [2.75, 3.05) is 5.32 Å². The number of hydrogen-bond donors (Lipinski definition) is 2. The summed E-state index contributed by atoms with van der Waals surface area (Å²) in [6.07, 6.45) is 0. The summed E-state index contributed by atoms with van der Waals surface area (Å²) >= 11 is 0. The molecule has 2 aromatic carbocycles. The smallest absolute Gasteiger partial charge is 0.241 e. The first-order chi connectivity index (χ1) is 9.06. The number of anilines is 1. The third-order valence-corrected chi connectivity index (χ3v) is 2.99. The van der Waals surface area contributed by atoms with Gasteiger partial charge in [0, 0.05) is 11.7 Å². The van der Waals surface area contributed by atoms with Gasteiger partial charge >= 0.3 is 0 Å². The van der Waals surface area contributed by atoms with Crippen LogP contribution in [0.15, 0.2) is 42.5 Å². The molecule has 3 heteroatoms. The van der Waals surface area contributed by atoms with Crippen molar-refractivity contribution < 1.29 is 4.79 Å². The van der Waals surface area contributed by atoms with Crippen molar-refractivity contribution in [2.24, 2.45) is 0 Å². The molecule has 0 saturated heterocycles. The second-order valence-electron chi connectivity index (χ2n) is 5.09. The lowest BCUT2D eigenvalue weighted by Crippen LogP contribution is -2.41. The molecule has 0 aliphatic rings. The van der Waals surface area contributed by atoms with E-state index in [2.05, 4.69) is 16.7 Å². The molecule has 2 rings (SSSR count). The molecule has 3 nitrogen and oxygen atoms in total. The number of rotatable bonds is 4. The number of carbonyl (C=O) groups excluding carboxylic acids is 1. The maximum Gasteiger partial charge on any atom is 0.241 e. The van der Waals surface area contributed by atoms with E-state index in [0.717, 1.165) is 11.1 Å². The van der Waals surface area contributed by atoms with E-state index in [9.17, 15) is 4.79 Å². The van der Waals surface area contributed by atoms with E-state index in [1.165, 1.54) is 5.39 Å². The van der Waals surface area contributed by atoms with Gasteiger partial charge in [0.25, 0.3) is 0 Å². The predicted molar refractivity (Wildman–Crippen MR) is 80.3 cm³/mol. The zero-order valence-corrected chi connectivity index (χ0v) is 11.6. The average molecular weight is 256 g/mol. The number of fused-ring (bicyclic) bond motifs is 1. The van der Waals surface area contributed by atoms with Gasteiger partial charge in [0.15, 0.2) is 0 Å². The summed E-state index contributed by atoms with van der Waals surface area (Å²) in [7, 11) is 0. The Hall–Kier alpha value is -1.87. The van der Waals surface area contributed by atoms with Crippen molar-refractivity contribution in [1.29, 1.82) is 0 Å². The van der Waals surface area contributed by atoms with E-state index in [0.29, 0.717) is 0 Å². The van der Waals surface area contributed by atoms with E-state index < -0.39 is 0 Å². The first-order valence-corrected chi connectivity index (χ1v) is 6.62. The van der Waals surface area contributed by atoms with E-state index in [1.807, 2.05) is 57.2 Å². The largest absolute Gasteiger partial charge is 0.325 e. The SMILES string of the molecule is CC(C)NC(C)C(=O)Nc1ccc2ccccc2c1. The molecule has 0 aliphatic carbocycles. The Morgan fingerprint density at radius 3 is 2.37 bits per heavy atom. The summed E-state index contributed by atoms with van der Waals surface area (Å²) < 4.78 is 0. The highest BCUT2D eigenvalue weighted by molar-refractivity contribution is 5.97. The molecule has 0 spiro atoms. The highest BCUT2D eigenvalue weighted by Crippen LogP contribution is 2.18. The van der Waals surface area contributed by atoms with Crippen molar-refractivity contribution in [3.8, 4) is 0 Å². The topological polar surface area (TPSA) is 41.1 Å². The minimum absolute atomic E-state index is 0.0102. The molecule has 0 aliphatic heterocycles. The summed E-state index contributed by atoms with van der Waals surface area (Å²) in [5.41, 5.74) is 0.834. The highest BCUT2D eigenvalue weighted by Gasteiger charge is 2.13. The lowest BCUT2D eigenvalue weighted by Gasteiger charge is -2.16. The van der Waals surface area contributed by atoms with Crippen LogP contribution in [0, 0.1) is 0 Å². The van der Waals surface area contributed by atoms with Gasteiger partial charge in [-0.15, -0.1) is 0 Å². The van der Waals surface area contributed by atoms with Crippen LogP contribution in [0.5, 0.6) is 0 Å². The number of amides is 1. The van der Waals surface area contributed by atoms with Crippen molar-refractivity contribution in [1.82, 2.24) is 5.32 Å². The van der Waals surface area contributed by atoms with Crippen LogP contribution in [0.1, 0.15) is 20.8 Å². The van der Waals surface area contributed by atoms with Crippen LogP contribution in [0.4, 0.5) is 5.69 Å². The van der Waals surface area contributed by atoms with E-state index >= 15 is 0 Å². The van der Waals surface area contributed by atoms with Gasteiger partial charge in [0.1, 0.15) is 0 Å². The van der Waals surface area contributed by atoms with E-state index in [4.69, 9.17) is 0 Å². The molecule has 100 valence electrons. The van der Waals surface area contributed by atoms with Crippen LogP contribution >= 0.6 is 0 Å². The number of benzene rings is 2. The Morgan fingerprint density at radius 2 is 1.68 bits per heavy atom. The lowest BCUT2D eigenvalue weighted by atomic mass is 10.1. The van der Waals surface area contributed by atoms with Gasteiger partial charge in [0.05, 0.1) is 6.04 Å². The first kappa shape index (κ1) is 13.6. The molecule has 0 fully saturated rings. The number of nitrogens with one attached hydrogen (secondary N) is 2. The third kappa shape index (κ3) is 3.55. The summed E-state index contributed by atoms with van der Waals surface area (Å²) in [6, 6.07) is 14.1. The normalized spacial score (nSPS) is 12.6. The molecule has 0 radical (unpaired) electrons. The predicted octanol–water partition coefficient (Wildman–Crippen LogP) is 3.16. The molecule has 2 N–H and O–H groups in total. The molecule has 0 bridgehead atoms. The monoisotopic (exact) mass is 256 g/mol. The zero-order valence-electron chi connectivity index (χ0n) is 11.6. The van der Waals surface area contributed by atoms with Crippen LogP contribution in [-0.2, 0) is 4.79 Å². The third-order valence-electron chi connectivity index (χ3n) is 2.99. The van der Waals surface area contributed by atoms with Crippen LogP contribution < -0.4 is 10.6 Å². The Kier molecular flexibility index (Phi) is 4.17.